The van der Waals surface area contributed by atoms with Gasteiger partial charge in [0.15, 0.2) is 0 Å². The second-order valence-electron chi connectivity index (χ2n) is 3.83. The standard InChI is InChI=1S/C12H12Cl2N4O/c1-2-7-6-15-18-11(7)17-12(19)16-8-3-4-9(13)10(14)5-8/h3-6H,2H2,1H3,(H3,15,16,17,18,19). The van der Waals surface area contributed by atoms with Gasteiger partial charge in [-0.25, -0.2) is 4.79 Å². The molecule has 0 aliphatic carbocycles. The minimum Gasteiger partial charge on any atom is -0.308 e. The summed E-state index contributed by atoms with van der Waals surface area (Å²) < 4.78 is 0. The fraction of sp³-hybridized carbons (Fsp3) is 0.167. The lowest BCUT2D eigenvalue weighted by Gasteiger charge is -2.08. The van der Waals surface area contributed by atoms with Gasteiger partial charge in [-0.05, 0) is 24.6 Å². The Balaban J connectivity index is 2.03. The minimum absolute atomic E-state index is 0.377. The maximum atomic E-state index is 11.8. The molecule has 3 N–H and O–H groups in total. The van der Waals surface area contributed by atoms with Gasteiger partial charge in [-0.1, -0.05) is 30.1 Å². The number of nitrogens with zero attached hydrogens (tertiary/aromatic N) is 1. The van der Waals surface area contributed by atoms with Gasteiger partial charge in [-0.15, -0.1) is 0 Å². The quantitative estimate of drug-likeness (QED) is 0.804. The molecule has 0 bridgehead atoms. The molecule has 2 aromatic rings. The van der Waals surface area contributed by atoms with Gasteiger partial charge in [0.25, 0.3) is 0 Å². The number of hydrogen-bond acceptors (Lipinski definition) is 2. The van der Waals surface area contributed by atoms with E-state index in [1.807, 2.05) is 6.92 Å². The van der Waals surface area contributed by atoms with Crippen LogP contribution < -0.4 is 10.6 Å². The summed E-state index contributed by atoms with van der Waals surface area (Å²) in [6, 6.07) is 4.49. The van der Waals surface area contributed by atoms with Gasteiger partial charge in [0, 0.05) is 11.3 Å². The van der Waals surface area contributed by atoms with Gasteiger partial charge in [-0.2, -0.15) is 5.10 Å². The van der Waals surface area contributed by atoms with Crippen LogP contribution in [0.3, 0.4) is 0 Å². The first kappa shape index (κ1) is 13.7. The Kier molecular flexibility index (Phi) is 4.29. The van der Waals surface area contributed by atoms with Crippen LogP contribution in [0.25, 0.3) is 0 Å². The van der Waals surface area contributed by atoms with E-state index in [1.165, 1.54) is 0 Å². The van der Waals surface area contributed by atoms with E-state index in [2.05, 4.69) is 20.8 Å². The number of rotatable bonds is 3. The number of aryl methyl sites for hydroxylation is 1. The van der Waals surface area contributed by atoms with Crippen molar-refractivity contribution >= 4 is 40.7 Å². The average molecular weight is 299 g/mol. The van der Waals surface area contributed by atoms with Gasteiger partial charge < -0.3 is 5.32 Å². The largest absolute Gasteiger partial charge is 0.324 e. The van der Waals surface area contributed by atoms with Crippen molar-refractivity contribution in [3.8, 4) is 0 Å². The number of nitrogens with one attached hydrogen (secondary N) is 3. The predicted octanol–water partition coefficient (Wildman–Crippen LogP) is 3.92. The average Bonchev–Trinajstić information content (AvgIpc) is 2.81. The molecule has 5 nitrogen and oxygen atoms in total. The summed E-state index contributed by atoms with van der Waals surface area (Å²) in [6.07, 6.45) is 2.45. The van der Waals surface area contributed by atoms with Gasteiger partial charge in [0.1, 0.15) is 5.82 Å². The third-order valence-electron chi connectivity index (χ3n) is 2.51. The summed E-state index contributed by atoms with van der Waals surface area (Å²) in [5.74, 6) is 0.583. The van der Waals surface area contributed by atoms with E-state index < -0.39 is 0 Å². The van der Waals surface area contributed by atoms with Crippen molar-refractivity contribution in [1.82, 2.24) is 10.2 Å². The maximum Gasteiger partial charge on any atom is 0.324 e. The summed E-state index contributed by atoms with van der Waals surface area (Å²) in [5, 5.41) is 12.8. The number of halogens is 2. The lowest BCUT2D eigenvalue weighted by atomic mass is 10.2. The van der Waals surface area contributed by atoms with Gasteiger partial charge in [-0.3, -0.25) is 10.4 Å². The van der Waals surface area contributed by atoms with Crippen LogP contribution in [0.1, 0.15) is 12.5 Å². The monoisotopic (exact) mass is 298 g/mol. The first-order valence-electron chi connectivity index (χ1n) is 5.65. The fourth-order valence-electron chi connectivity index (χ4n) is 1.54. The van der Waals surface area contributed by atoms with Crippen molar-refractivity contribution in [2.75, 3.05) is 10.6 Å². The van der Waals surface area contributed by atoms with Crippen molar-refractivity contribution in [2.24, 2.45) is 0 Å². The third kappa shape index (κ3) is 3.39. The molecule has 2 rings (SSSR count). The van der Waals surface area contributed by atoms with Crippen molar-refractivity contribution in [3.63, 3.8) is 0 Å². The zero-order chi connectivity index (χ0) is 13.8. The molecule has 0 radical (unpaired) electrons. The molecule has 0 fully saturated rings. The number of urea groups is 1. The molecule has 100 valence electrons. The second-order valence-corrected chi connectivity index (χ2v) is 4.65. The number of hydrogen-bond donors (Lipinski definition) is 3. The molecule has 0 saturated heterocycles. The van der Waals surface area contributed by atoms with Crippen molar-refractivity contribution < 1.29 is 4.79 Å². The third-order valence-corrected chi connectivity index (χ3v) is 3.25. The van der Waals surface area contributed by atoms with Crippen LogP contribution in [-0.2, 0) is 6.42 Å². The Morgan fingerprint density at radius 1 is 1.32 bits per heavy atom. The van der Waals surface area contributed by atoms with Crippen LogP contribution in [-0.4, -0.2) is 16.2 Å². The summed E-state index contributed by atoms with van der Waals surface area (Å²) in [6.45, 7) is 1.98. The van der Waals surface area contributed by atoms with Gasteiger partial charge in [0.2, 0.25) is 0 Å². The Labute approximate surface area is 120 Å². The highest BCUT2D eigenvalue weighted by molar-refractivity contribution is 6.42. The van der Waals surface area contributed by atoms with E-state index in [-0.39, 0.29) is 6.03 Å². The first-order valence-corrected chi connectivity index (χ1v) is 6.41. The molecule has 19 heavy (non-hydrogen) atoms. The predicted molar refractivity (Wildman–Crippen MR) is 77.1 cm³/mol. The zero-order valence-corrected chi connectivity index (χ0v) is 11.6. The van der Waals surface area contributed by atoms with Crippen LogP contribution in [0.5, 0.6) is 0 Å². The van der Waals surface area contributed by atoms with Crippen LogP contribution in [0.15, 0.2) is 24.4 Å². The van der Waals surface area contributed by atoms with Gasteiger partial charge >= 0.3 is 6.03 Å². The number of carbonyl (C=O) groups is 1. The molecular formula is C12H12Cl2N4O. The van der Waals surface area contributed by atoms with Crippen LogP contribution in [0.2, 0.25) is 10.0 Å². The number of aromatic amines is 1. The number of benzene rings is 1. The SMILES string of the molecule is CCc1cn[nH]c1NC(=O)Nc1ccc(Cl)c(Cl)c1. The molecule has 1 aromatic carbocycles. The zero-order valence-electron chi connectivity index (χ0n) is 10.1. The highest BCUT2D eigenvalue weighted by Crippen LogP contribution is 2.25. The molecule has 0 aliphatic rings. The molecule has 1 heterocycles. The topological polar surface area (TPSA) is 69.8 Å². The van der Waals surface area contributed by atoms with E-state index >= 15 is 0 Å². The number of amides is 2. The van der Waals surface area contributed by atoms with Crippen molar-refractivity contribution in [1.29, 1.82) is 0 Å². The van der Waals surface area contributed by atoms with E-state index in [0.717, 1.165) is 12.0 Å². The number of anilines is 2. The Hall–Kier alpha value is -1.72. The van der Waals surface area contributed by atoms with Crippen LogP contribution >= 0.6 is 23.2 Å². The molecule has 1 aromatic heterocycles. The van der Waals surface area contributed by atoms with Gasteiger partial charge in [0.05, 0.1) is 16.2 Å². The summed E-state index contributed by atoms with van der Waals surface area (Å²) in [4.78, 5) is 11.8. The van der Waals surface area contributed by atoms with Crippen LogP contribution in [0, 0.1) is 0 Å². The van der Waals surface area contributed by atoms with E-state index in [4.69, 9.17) is 23.2 Å². The molecular weight excluding hydrogens is 287 g/mol. The smallest absolute Gasteiger partial charge is 0.308 e. The number of aromatic nitrogens is 2. The fourth-order valence-corrected chi connectivity index (χ4v) is 1.84. The molecule has 0 atom stereocenters. The normalized spacial score (nSPS) is 10.3. The highest BCUT2D eigenvalue weighted by atomic mass is 35.5. The summed E-state index contributed by atoms with van der Waals surface area (Å²) in [7, 11) is 0. The van der Waals surface area contributed by atoms with E-state index in [0.29, 0.717) is 21.6 Å². The first-order chi connectivity index (χ1) is 9.10. The van der Waals surface area contributed by atoms with E-state index in [9.17, 15) is 4.79 Å². The Morgan fingerprint density at radius 3 is 2.79 bits per heavy atom. The highest BCUT2D eigenvalue weighted by Gasteiger charge is 2.08. The molecule has 0 unspecified atom stereocenters. The summed E-state index contributed by atoms with van der Waals surface area (Å²) >= 11 is 11.7. The molecule has 0 saturated carbocycles. The van der Waals surface area contributed by atoms with Crippen LogP contribution in [0.4, 0.5) is 16.3 Å². The minimum atomic E-state index is -0.377. The second kappa shape index (κ2) is 5.95. The lowest BCUT2D eigenvalue weighted by molar-refractivity contribution is 0.262. The Morgan fingerprint density at radius 2 is 2.11 bits per heavy atom. The van der Waals surface area contributed by atoms with Crippen molar-refractivity contribution in [2.45, 2.75) is 13.3 Å². The summed E-state index contributed by atoms with van der Waals surface area (Å²) in [5.41, 5.74) is 1.49. The number of carbonyl (C=O) groups excluding carboxylic acids is 1. The maximum absolute atomic E-state index is 11.8. The van der Waals surface area contributed by atoms with E-state index in [1.54, 1.807) is 24.4 Å². The molecule has 0 spiro atoms. The number of H-pyrrole nitrogens is 1. The molecule has 2 amide bonds. The Bertz CT molecular complexity index is 597. The lowest BCUT2D eigenvalue weighted by Crippen LogP contribution is -2.20. The molecule has 0 aliphatic heterocycles. The molecule has 7 heteroatoms. The van der Waals surface area contributed by atoms with Crippen molar-refractivity contribution in [3.05, 3.63) is 40.0 Å².